The number of fused-ring (bicyclic) bond motifs is 1. The van der Waals surface area contributed by atoms with Gasteiger partial charge in [0.15, 0.2) is 6.29 Å². The van der Waals surface area contributed by atoms with Crippen molar-refractivity contribution in [2.24, 2.45) is 0 Å². The predicted octanol–water partition coefficient (Wildman–Crippen LogP) is 5.88. The minimum absolute atomic E-state index is 0.162. The highest BCUT2D eigenvalue weighted by Crippen LogP contribution is 2.30. The van der Waals surface area contributed by atoms with E-state index >= 15 is 0 Å². The summed E-state index contributed by atoms with van der Waals surface area (Å²) in [6, 6.07) is 12.9. The van der Waals surface area contributed by atoms with E-state index in [2.05, 4.69) is 66.8 Å². The maximum atomic E-state index is 5.89. The van der Waals surface area contributed by atoms with Crippen molar-refractivity contribution in [3.05, 3.63) is 42.0 Å². The van der Waals surface area contributed by atoms with Gasteiger partial charge in [0.1, 0.15) is 5.75 Å². The minimum Gasteiger partial charge on any atom is -0.465 e. The van der Waals surface area contributed by atoms with Crippen LogP contribution < -0.4 is 4.74 Å². The summed E-state index contributed by atoms with van der Waals surface area (Å²) in [4.78, 5) is 0. The molecule has 0 saturated heterocycles. The zero-order chi connectivity index (χ0) is 15.2. The van der Waals surface area contributed by atoms with Crippen molar-refractivity contribution < 1.29 is 9.47 Å². The normalized spacial score (nSPS) is 14.1. The quantitative estimate of drug-likeness (QED) is 0.330. The standard InChI is InChI=1S/C18H23IO2/c1-4-17(19)15-8-7-14-12-16(10-9-13(14)11-15)21-18(5-2)20-6-3/h7-12,17-18H,4-6H2,1-3H3. The van der Waals surface area contributed by atoms with E-state index in [1.54, 1.807) is 0 Å². The molecule has 0 aromatic heterocycles. The van der Waals surface area contributed by atoms with Crippen LogP contribution in [0, 0.1) is 0 Å². The summed E-state index contributed by atoms with van der Waals surface area (Å²) in [5.74, 6) is 0.872. The van der Waals surface area contributed by atoms with Crippen molar-refractivity contribution in [3.63, 3.8) is 0 Å². The first-order valence-electron chi connectivity index (χ1n) is 7.63. The number of benzene rings is 2. The van der Waals surface area contributed by atoms with Crippen LogP contribution in [0.1, 0.15) is 43.1 Å². The summed E-state index contributed by atoms with van der Waals surface area (Å²) in [5.41, 5.74) is 1.39. The average Bonchev–Trinajstić information content (AvgIpc) is 2.53. The van der Waals surface area contributed by atoms with Crippen LogP contribution >= 0.6 is 22.6 Å². The van der Waals surface area contributed by atoms with Gasteiger partial charge in [-0.3, -0.25) is 0 Å². The number of rotatable bonds is 7. The second-order valence-corrected chi connectivity index (χ2v) is 6.56. The average molecular weight is 398 g/mol. The summed E-state index contributed by atoms with van der Waals surface area (Å²) in [7, 11) is 0. The first kappa shape index (κ1) is 16.6. The fourth-order valence-electron chi connectivity index (χ4n) is 2.32. The van der Waals surface area contributed by atoms with Crippen molar-refractivity contribution in [3.8, 4) is 5.75 Å². The van der Waals surface area contributed by atoms with Gasteiger partial charge in [0, 0.05) is 17.0 Å². The summed E-state index contributed by atoms with van der Waals surface area (Å²) in [6.07, 6.45) is 1.84. The van der Waals surface area contributed by atoms with Gasteiger partial charge in [0.05, 0.1) is 0 Å². The molecule has 2 aromatic carbocycles. The zero-order valence-electron chi connectivity index (χ0n) is 12.9. The topological polar surface area (TPSA) is 18.5 Å². The molecular formula is C18H23IO2. The lowest BCUT2D eigenvalue weighted by Crippen LogP contribution is -2.19. The molecule has 0 aliphatic heterocycles. The highest BCUT2D eigenvalue weighted by Gasteiger charge is 2.09. The molecule has 0 aliphatic carbocycles. The highest BCUT2D eigenvalue weighted by atomic mass is 127. The van der Waals surface area contributed by atoms with Crippen LogP contribution in [0.25, 0.3) is 10.8 Å². The van der Waals surface area contributed by atoms with Crippen molar-refractivity contribution in [1.29, 1.82) is 0 Å². The van der Waals surface area contributed by atoms with Gasteiger partial charge < -0.3 is 9.47 Å². The van der Waals surface area contributed by atoms with Crippen LogP contribution in [0.4, 0.5) is 0 Å². The maximum absolute atomic E-state index is 5.89. The monoisotopic (exact) mass is 398 g/mol. The van der Waals surface area contributed by atoms with Gasteiger partial charge in [-0.25, -0.2) is 0 Å². The van der Waals surface area contributed by atoms with Crippen LogP contribution in [0.5, 0.6) is 5.75 Å². The second kappa shape index (κ2) is 7.99. The summed E-state index contributed by atoms with van der Waals surface area (Å²) in [5, 5.41) is 2.47. The maximum Gasteiger partial charge on any atom is 0.199 e. The third-order valence-electron chi connectivity index (χ3n) is 3.51. The van der Waals surface area contributed by atoms with E-state index in [0.29, 0.717) is 10.5 Å². The third-order valence-corrected chi connectivity index (χ3v) is 5.11. The lowest BCUT2D eigenvalue weighted by atomic mass is 10.0. The highest BCUT2D eigenvalue weighted by molar-refractivity contribution is 14.1. The molecule has 0 amide bonds. The van der Waals surface area contributed by atoms with Crippen LogP contribution in [0.2, 0.25) is 0 Å². The Labute approximate surface area is 141 Å². The molecule has 2 rings (SSSR count). The molecule has 114 valence electrons. The summed E-state index contributed by atoms with van der Waals surface area (Å²) in [6.45, 7) is 6.95. The first-order valence-corrected chi connectivity index (χ1v) is 8.88. The van der Waals surface area contributed by atoms with Crippen molar-refractivity contribution in [1.82, 2.24) is 0 Å². The molecular weight excluding hydrogens is 375 g/mol. The van der Waals surface area contributed by atoms with E-state index in [9.17, 15) is 0 Å². The molecule has 0 aliphatic rings. The Kier molecular flexibility index (Phi) is 6.30. The Bertz CT molecular complexity index is 582. The molecule has 0 heterocycles. The van der Waals surface area contributed by atoms with Gasteiger partial charge in [0.2, 0.25) is 0 Å². The molecule has 0 saturated carbocycles. The number of halogens is 1. The number of alkyl halides is 1. The molecule has 0 bridgehead atoms. The Morgan fingerprint density at radius 1 is 0.952 bits per heavy atom. The fraction of sp³-hybridized carbons (Fsp3) is 0.444. The largest absolute Gasteiger partial charge is 0.465 e. The van der Waals surface area contributed by atoms with Gasteiger partial charge in [0.25, 0.3) is 0 Å². The Hall–Kier alpha value is -0.810. The first-order chi connectivity index (χ1) is 10.2. The predicted molar refractivity (Wildman–Crippen MR) is 97.3 cm³/mol. The fourth-order valence-corrected chi connectivity index (χ4v) is 2.71. The smallest absolute Gasteiger partial charge is 0.199 e. The van der Waals surface area contributed by atoms with E-state index in [1.807, 2.05) is 13.0 Å². The van der Waals surface area contributed by atoms with E-state index < -0.39 is 0 Å². The van der Waals surface area contributed by atoms with Crippen molar-refractivity contribution in [2.75, 3.05) is 6.61 Å². The third kappa shape index (κ3) is 4.33. The van der Waals surface area contributed by atoms with Crippen LogP contribution in [0.15, 0.2) is 36.4 Å². The van der Waals surface area contributed by atoms with Gasteiger partial charge in [-0.15, -0.1) is 0 Å². The lowest BCUT2D eigenvalue weighted by molar-refractivity contribution is -0.0765. The molecule has 0 radical (unpaired) electrons. The van der Waals surface area contributed by atoms with Gasteiger partial charge in [-0.2, -0.15) is 0 Å². The number of ether oxygens (including phenoxy) is 2. The zero-order valence-corrected chi connectivity index (χ0v) is 15.1. The molecule has 0 fully saturated rings. The Morgan fingerprint density at radius 3 is 2.33 bits per heavy atom. The van der Waals surface area contributed by atoms with Crippen LogP contribution in [0.3, 0.4) is 0 Å². The Morgan fingerprint density at radius 2 is 1.67 bits per heavy atom. The molecule has 2 aromatic rings. The molecule has 2 unspecified atom stereocenters. The summed E-state index contributed by atoms with van der Waals surface area (Å²) < 4.78 is 12.0. The second-order valence-electron chi connectivity index (χ2n) is 5.06. The number of hydrogen-bond acceptors (Lipinski definition) is 2. The Balaban J connectivity index is 2.22. The van der Waals surface area contributed by atoms with E-state index in [4.69, 9.17) is 9.47 Å². The van der Waals surface area contributed by atoms with Crippen molar-refractivity contribution in [2.45, 2.75) is 43.8 Å². The number of hydrogen-bond donors (Lipinski definition) is 0. The van der Waals surface area contributed by atoms with Gasteiger partial charge in [-0.05, 0) is 41.8 Å². The van der Waals surface area contributed by atoms with Crippen LogP contribution in [-0.2, 0) is 4.74 Å². The minimum atomic E-state index is -0.162. The molecule has 0 N–H and O–H groups in total. The van der Waals surface area contributed by atoms with E-state index in [0.717, 1.165) is 18.6 Å². The van der Waals surface area contributed by atoms with E-state index in [-0.39, 0.29) is 6.29 Å². The van der Waals surface area contributed by atoms with Gasteiger partial charge >= 0.3 is 0 Å². The molecule has 2 nitrogen and oxygen atoms in total. The van der Waals surface area contributed by atoms with Crippen LogP contribution in [-0.4, -0.2) is 12.9 Å². The SMILES string of the molecule is CCOC(CC)Oc1ccc2cc(C(I)CC)ccc2c1. The lowest BCUT2D eigenvalue weighted by Gasteiger charge is -2.17. The van der Waals surface area contributed by atoms with E-state index in [1.165, 1.54) is 16.3 Å². The molecule has 0 spiro atoms. The molecule has 21 heavy (non-hydrogen) atoms. The molecule has 2 atom stereocenters. The van der Waals surface area contributed by atoms with Crippen molar-refractivity contribution >= 4 is 33.4 Å². The van der Waals surface area contributed by atoms with Gasteiger partial charge in [-0.1, -0.05) is 60.7 Å². The summed E-state index contributed by atoms with van der Waals surface area (Å²) >= 11 is 2.50. The molecule has 3 heteroatoms.